The molecule has 0 unspecified atom stereocenters. The molecule has 0 aliphatic rings. The number of hydrogen-bond donors (Lipinski definition) is 1. The van der Waals surface area contributed by atoms with Crippen LogP contribution < -0.4 is 10.1 Å². The van der Waals surface area contributed by atoms with Crippen LogP contribution in [0.5, 0.6) is 5.75 Å². The lowest BCUT2D eigenvalue weighted by molar-refractivity contribution is 0.0943. The Bertz CT molecular complexity index is 948. The highest BCUT2D eigenvalue weighted by Gasteiger charge is 2.20. The van der Waals surface area contributed by atoms with Crippen molar-refractivity contribution in [3.05, 3.63) is 100 Å². The molecule has 0 aliphatic heterocycles. The summed E-state index contributed by atoms with van der Waals surface area (Å²) in [7, 11) is 1.63. The minimum Gasteiger partial charge on any atom is -0.496 e. The summed E-state index contributed by atoms with van der Waals surface area (Å²) < 4.78 is 5.29. The Labute approximate surface area is 161 Å². The predicted octanol–water partition coefficient (Wildman–Crippen LogP) is 5.14. The number of ether oxygens (including phenoxy) is 1. The summed E-state index contributed by atoms with van der Waals surface area (Å²) in [6.45, 7) is 6.10. The fourth-order valence-electron chi connectivity index (χ4n) is 3.37. The van der Waals surface area contributed by atoms with Gasteiger partial charge >= 0.3 is 0 Å². The van der Waals surface area contributed by atoms with Crippen molar-refractivity contribution >= 4 is 5.91 Å². The van der Waals surface area contributed by atoms with Crippen LogP contribution in [0.1, 0.15) is 44.2 Å². The molecule has 138 valence electrons. The molecule has 0 fully saturated rings. The van der Waals surface area contributed by atoms with Crippen molar-refractivity contribution < 1.29 is 9.53 Å². The van der Waals surface area contributed by atoms with Crippen LogP contribution in [0.4, 0.5) is 0 Å². The molecule has 0 saturated heterocycles. The number of carbonyl (C=O) groups excluding carboxylic acids is 1. The van der Waals surface area contributed by atoms with Gasteiger partial charge in [-0.1, -0.05) is 54.1 Å². The highest BCUT2D eigenvalue weighted by molar-refractivity contribution is 5.95. The quantitative estimate of drug-likeness (QED) is 0.685. The number of aryl methyl sites for hydroxylation is 3. The van der Waals surface area contributed by atoms with Gasteiger partial charge in [0.25, 0.3) is 5.91 Å². The lowest BCUT2D eigenvalue weighted by Crippen LogP contribution is -2.30. The molecule has 0 spiro atoms. The minimum absolute atomic E-state index is 0.102. The summed E-state index contributed by atoms with van der Waals surface area (Å²) in [5.41, 5.74) is 6.09. The second-order valence-electron chi connectivity index (χ2n) is 6.86. The van der Waals surface area contributed by atoms with E-state index in [2.05, 4.69) is 37.4 Å². The fraction of sp³-hybridized carbons (Fsp3) is 0.208. The van der Waals surface area contributed by atoms with Gasteiger partial charge in [-0.15, -0.1) is 0 Å². The van der Waals surface area contributed by atoms with E-state index in [4.69, 9.17) is 4.74 Å². The first-order valence-electron chi connectivity index (χ1n) is 9.07. The van der Waals surface area contributed by atoms with Gasteiger partial charge < -0.3 is 10.1 Å². The Hall–Kier alpha value is -3.07. The highest BCUT2D eigenvalue weighted by Crippen LogP contribution is 2.27. The summed E-state index contributed by atoms with van der Waals surface area (Å²) in [5, 5.41) is 3.21. The average molecular weight is 359 g/mol. The van der Waals surface area contributed by atoms with Crippen LogP contribution in [0.3, 0.4) is 0 Å². The monoisotopic (exact) mass is 359 g/mol. The van der Waals surface area contributed by atoms with Gasteiger partial charge in [-0.3, -0.25) is 4.79 Å². The maximum absolute atomic E-state index is 13.0. The zero-order valence-corrected chi connectivity index (χ0v) is 16.2. The summed E-state index contributed by atoms with van der Waals surface area (Å²) in [6.07, 6.45) is 0. The molecule has 0 radical (unpaired) electrons. The van der Waals surface area contributed by atoms with E-state index < -0.39 is 0 Å². The van der Waals surface area contributed by atoms with Crippen molar-refractivity contribution in [2.24, 2.45) is 0 Å². The Morgan fingerprint density at radius 2 is 1.63 bits per heavy atom. The summed E-state index contributed by atoms with van der Waals surface area (Å²) >= 11 is 0. The molecule has 3 aromatic rings. The van der Waals surface area contributed by atoms with Crippen molar-refractivity contribution in [2.75, 3.05) is 7.11 Å². The normalized spacial score (nSPS) is 11.7. The molecule has 27 heavy (non-hydrogen) atoms. The molecular weight excluding hydrogens is 334 g/mol. The fourth-order valence-corrected chi connectivity index (χ4v) is 3.37. The highest BCUT2D eigenvalue weighted by atomic mass is 16.5. The summed E-state index contributed by atoms with van der Waals surface area (Å²) in [4.78, 5) is 13.0. The third kappa shape index (κ3) is 4.20. The molecule has 3 nitrogen and oxygen atoms in total. The van der Waals surface area contributed by atoms with E-state index >= 15 is 0 Å². The van der Waals surface area contributed by atoms with Crippen LogP contribution in [0.15, 0.2) is 66.7 Å². The SMILES string of the molecule is COc1ccc(C(=O)N[C@H](c2ccccc2)c2ccc(C)cc2C)cc1C. The third-order valence-corrected chi connectivity index (χ3v) is 4.80. The van der Waals surface area contributed by atoms with Crippen molar-refractivity contribution in [1.29, 1.82) is 0 Å². The maximum Gasteiger partial charge on any atom is 0.252 e. The number of rotatable bonds is 5. The topological polar surface area (TPSA) is 38.3 Å². The standard InChI is InChI=1S/C24H25NO2/c1-16-10-12-21(17(2)14-16)23(19-8-6-5-7-9-19)25-24(26)20-11-13-22(27-4)18(3)15-20/h5-15,23H,1-4H3,(H,25,26)/t23-/m1/s1. The lowest BCUT2D eigenvalue weighted by Gasteiger charge is -2.22. The van der Waals surface area contributed by atoms with Crippen molar-refractivity contribution in [3.8, 4) is 5.75 Å². The minimum atomic E-state index is -0.207. The predicted molar refractivity (Wildman–Crippen MR) is 109 cm³/mol. The molecule has 1 amide bonds. The van der Waals surface area contributed by atoms with Gasteiger partial charge in [-0.05, 0) is 61.2 Å². The molecule has 0 bridgehead atoms. The number of hydrogen-bond acceptors (Lipinski definition) is 2. The van der Waals surface area contributed by atoms with E-state index in [1.165, 1.54) is 5.56 Å². The largest absolute Gasteiger partial charge is 0.496 e. The number of amides is 1. The second-order valence-corrected chi connectivity index (χ2v) is 6.86. The summed E-state index contributed by atoms with van der Waals surface area (Å²) in [5.74, 6) is 0.676. The molecule has 3 rings (SSSR count). The van der Waals surface area contributed by atoms with Gasteiger partial charge in [0.2, 0.25) is 0 Å². The van der Waals surface area contributed by atoms with Gasteiger partial charge in [-0.25, -0.2) is 0 Å². The van der Waals surface area contributed by atoms with Crippen molar-refractivity contribution in [1.82, 2.24) is 5.32 Å². The molecule has 3 aromatic carbocycles. The Kier molecular flexibility index (Phi) is 5.60. The van der Waals surface area contributed by atoms with Crippen LogP contribution in [0.2, 0.25) is 0 Å². The number of carbonyl (C=O) groups is 1. The van der Waals surface area contributed by atoms with E-state index in [1.54, 1.807) is 13.2 Å². The zero-order valence-electron chi connectivity index (χ0n) is 16.2. The van der Waals surface area contributed by atoms with Crippen LogP contribution in [0, 0.1) is 20.8 Å². The molecule has 0 heterocycles. The van der Waals surface area contributed by atoms with Crippen molar-refractivity contribution in [3.63, 3.8) is 0 Å². The van der Waals surface area contributed by atoms with Crippen LogP contribution in [-0.2, 0) is 0 Å². The van der Waals surface area contributed by atoms with Gasteiger partial charge in [0.1, 0.15) is 5.75 Å². The molecular formula is C24H25NO2. The smallest absolute Gasteiger partial charge is 0.252 e. The van der Waals surface area contributed by atoms with Crippen LogP contribution in [-0.4, -0.2) is 13.0 Å². The Balaban J connectivity index is 1.96. The van der Waals surface area contributed by atoms with E-state index in [1.807, 2.05) is 49.4 Å². The zero-order chi connectivity index (χ0) is 19.4. The van der Waals surface area contributed by atoms with Gasteiger partial charge in [-0.2, -0.15) is 0 Å². The number of methoxy groups -OCH3 is 1. The Morgan fingerprint density at radius 3 is 2.26 bits per heavy atom. The molecule has 3 heteroatoms. The van der Waals surface area contributed by atoms with E-state index in [-0.39, 0.29) is 11.9 Å². The van der Waals surface area contributed by atoms with E-state index in [0.717, 1.165) is 28.0 Å². The molecule has 1 N–H and O–H groups in total. The molecule has 0 aromatic heterocycles. The first-order valence-corrected chi connectivity index (χ1v) is 9.07. The number of nitrogens with one attached hydrogen (secondary N) is 1. The maximum atomic E-state index is 13.0. The van der Waals surface area contributed by atoms with E-state index in [0.29, 0.717) is 5.56 Å². The molecule has 1 atom stereocenters. The van der Waals surface area contributed by atoms with E-state index in [9.17, 15) is 4.79 Å². The van der Waals surface area contributed by atoms with Crippen LogP contribution in [0.25, 0.3) is 0 Å². The molecule has 0 saturated carbocycles. The third-order valence-electron chi connectivity index (χ3n) is 4.80. The van der Waals surface area contributed by atoms with Gasteiger partial charge in [0.15, 0.2) is 0 Å². The first kappa shape index (κ1) is 18.7. The lowest BCUT2D eigenvalue weighted by atomic mass is 9.93. The first-order chi connectivity index (χ1) is 13.0. The summed E-state index contributed by atoms with van der Waals surface area (Å²) in [6, 6.07) is 21.7. The number of benzene rings is 3. The van der Waals surface area contributed by atoms with Gasteiger partial charge in [0.05, 0.1) is 13.2 Å². The second kappa shape index (κ2) is 8.09. The average Bonchev–Trinajstić information content (AvgIpc) is 2.67. The van der Waals surface area contributed by atoms with Crippen LogP contribution >= 0.6 is 0 Å². The molecule has 0 aliphatic carbocycles. The Morgan fingerprint density at radius 1 is 0.889 bits per heavy atom. The van der Waals surface area contributed by atoms with Gasteiger partial charge in [0, 0.05) is 5.56 Å². The van der Waals surface area contributed by atoms with Crippen molar-refractivity contribution in [2.45, 2.75) is 26.8 Å².